The van der Waals surface area contributed by atoms with Gasteiger partial charge in [0.1, 0.15) is 0 Å². The summed E-state index contributed by atoms with van der Waals surface area (Å²) < 4.78 is 5.89. The van der Waals surface area contributed by atoms with E-state index in [-0.39, 0.29) is 29.4 Å². The van der Waals surface area contributed by atoms with Crippen molar-refractivity contribution in [2.24, 2.45) is 16.3 Å². The molecule has 0 spiro atoms. The van der Waals surface area contributed by atoms with Crippen LogP contribution >= 0.6 is 24.0 Å². The number of nitrogens with zero attached hydrogens (tertiary/aromatic N) is 1. The summed E-state index contributed by atoms with van der Waals surface area (Å²) in [6.07, 6.45) is 4.64. The molecule has 0 bridgehead atoms. The first-order chi connectivity index (χ1) is 12.5. The highest BCUT2D eigenvalue weighted by molar-refractivity contribution is 14.0. The van der Waals surface area contributed by atoms with Gasteiger partial charge in [0.05, 0.1) is 6.10 Å². The van der Waals surface area contributed by atoms with E-state index in [2.05, 4.69) is 65.8 Å². The topological polar surface area (TPSA) is 61.4 Å². The average molecular weight is 482 g/mol. The second kappa shape index (κ2) is 7.99. The van der Waals surface area contributed by atoms with Crippen LogP contribution in [0.3, 0.4) is 0 Å². The maximum Gasteiger partial charge on any atom is 0.191 e. The molecular formula is C21H31IN4O. The number of guanidine groups is 1. The highest BCUT2D eigenvalue weighted by Crippen LogP contribution is 2.52. The fraction of sp³-hybridized carbons (Fsp3) is 0.571. The summed E-state index contributed by atoms with van der Waals surface area (Å²) >= 11 is 0. The molecule has 0 amide bonds. The summed E-state index contributed by atoms with van der Waals surface area (Å²) in [6, 6.07) is 6.84. The van der Waals surface area contributed by atoms with Gasteiger partial charge in [0.25, 0.3) is 0 Å². The fourth-order valence-corrected chi connectivity index (χ4v) is 4.92. The summed E-state index contributed by atoms with van der Waals surface area (Å²) in [5.41, 5.74) is 4.05. The van der Waals surface area contributed by atoms with Crippen LogP contribution in [0.15, 0.2) is 29.4 Å². The fourth-order valence-electron chi connectivity index (χ4n) is 4.92. The van der Waals surface area contributed by atoms with E-state index in [1.54, 1.807) is 0 Å². The van der Waals surface area contributed by atoms with Gasteiger partial charge in [-0.2, -0.15) is 0 Å². The molecule has 0 radical (unpaired) electrons. The number of H-pyrrole nitrogens is 1. The van der Waals surface area contributed by atoms with Crippen molar-refractivity contribution in [1.82, 2.24) is 15.6 Å². The molecule has 3 N–H and O–H groups in total. The lowest BCUT2D eigenvalue weighted by molar-refractivity contribution is -0.106. The number of nitrogens with one attached hydrogen (secondary N) is 3. The molecule has 2 fully saturated rings. The Bertz CT molecular complexity index is 829. The number of aryl methyl sites for hydroxylation is 1. The molecule has 1 saturated heterocycles. The Labute approximate surface area is 178 Å². The van der Waals surface area contributed by atoms with Crippen molar-refractivity contribution in [3.8, 4) is 0 Å². The number of hydrogen-bond acceptors (Lipinski definition) is 2. The van der Waals surface area contributed by atoms with Crippen LogP contribution in [-0.4, -0.2) is 43.3 Å². The molecule has 6 heteroatoms. The zero-order valence-electron chi connectivity index (χ0n) is 16.6. The third kappa shape index (κ3) is 3.58. The number of rotatable bonds is 4. The van der Waals surface area contributed by atoms with Crippen LogP contribution < -0.4 is 10.6 Å². The van der Waals surface area contributed by atoms with Gasteiger partial charge in [-0.25, -0.2) is 0 Å². The average Bonchev–Trinajstić information content (AvgIpc) is 3.24. The molecule has 2 aromatic rings. The van der Waals surface area contributed by atoms with E-state index in [9.17, 15) is 0 Å². The number of fused-ring (bicyclic) bond motifs is 2. The molecular weight excluding hydrogens is 451 g/mol. The Morgan fingerprint density at radius 1 is 1.37 bits per heavy atom. The minimum Gasteiger partial charge on any atom is -0.377 e. The molecule has 2 aliphatic rings. The molecule has 1 saturated carbocycles. The highest BCUT2D eigenvalue weighted by atomic mass is 127. The van der Waals surface area contributed by atoms with E-state index < -0.39 is 0 Å². The maximum atomic E-state index is 5.89. The van der Waals surface area contributed by atoms with E-state index in [0.717, 1.165) is 32.0 Å². The summed E-state index contributed by atoms with van der Waals surface area (Å²) in [7, 11) is 1.85. The van der Waals surface area contributed by atoms with E-state index in [1.807, 2.05) is 7.05 Å². The molecule has 1 aromatic heterocycles. The Morgan fingerprint density at radius 2 is 2.19 bits per heavy atom. The largest absolute Gasteiger partial charge is 0.377 e. The molecule has 27 heavy (non-hydrogen) atoms. The number of ether oxygens (including phenoxy) is 1. The Morgan fingerprint density at radius 3 is 2.96 bits per heavy atom. The Hall–Kier alpha value is -1.28. The monoisotopic (exact) mass is 482 g/mol. The smallest absolute Gasteiger partial charge is 0.191 e. The summed E-state index contributed by atoms with van der Waals surface area (Å²) in [5, 5.41) is 8.49. The number of aromatic nitrogens is 1. The number of aromatic amines is 1. The molecule has 2 heterocycles. The van der Waals surface area contributed by atoms with Gasteiger partial charge in [-0.15, -0.1) is 24.0 Å². The second-order valence-electron chi connectivity index (χ2n) is 8.25. The van der Waals surface area contributed by atoms with Gasteiger partial charge in [0, 0.05) is 54.7 Å². The number of hydrogen-bond donors (Lipinski definition) is 3. The zero-order valence-corrected chi connectivity index (χ0v) is 19.0. The Balaban J connectivity index is 0.00000210. The molecule has 4 rings (SSSR count). The van der Waals surface area contributed by atoms with E-state index in [1.165, 1.54) is 22.0 Å². The molecule has 148 valence electrons. The van der Waals surface area contributed by atoms with Gasteiger partial charge in [-0.3, -0.25) is 4.99 Å². The van der Waals surface area contributed by atoms with Crippen LogP contribution in [0.1, 0.15) is 31.4 Å². The van der Waals surface area contributed by atoms with Crippen molar-refractivity contribution >= 4 is 40.8 Å². The normalized spacial score (nSPS) is 26.2. The van der Waals surface area contributed by atoms with Gasteiger partial charge in [0.15, 0.2) is 5.96 Å². The van der Waals surface area contributed by atoms with Crippen LogP contribution in [0, 0.1) is 18.3 Å². The van der Waals surface area contributed by atoms with Crippen molar-refractivity contribution in [3.63, 3.8) is 0 Å². The van der Waals surface area contributed by atoms with Crippen molar-refractivity contribution in [1.29, 1.82) is 0 Å². The molecule has 1 aromatic carbocycles. The molecule has 3 unspecified atom stereocenters. The molecule has 3 atom stereocenters. The lowest BCUT2D eigenvalue weighted by Gasteiger charge is -2.54. The van der Waals surface area contributed by atoms with Crippen LogP contribution in [0.5, 0.6) is 0 Å². The predicted molar refractivity (Wildman–Crippen MR) is 122 cm³/mol. The van der Waals surface area contributed by atoms with Crippen LogP contribution in [0.25, 0.3) is 10.9 Å². The summed E-state index contributed by atoms with van der Waals surface area (Å²) in [6.45, 7) is 8.51. The third-order valence-electron chi connectivity index (χ3n) is 6.30. The standard InChI is InChI=1S/C21H30N4O.HI/c1-13-6-5-7-16-17(13)14(12-24-16)8-10-23-20(22-4)25-18-15-9-11-26-19(15)21(18,2)3;/h5-7,12,15,18-19,24H,8-11H2,1-4H3,(H2,22,23,25);1H. The molecule has 1 aliphatic carbocycles. The van der Waals surface area contributed by atoms with Gasteiger partial charge < -0.3 is 20.4 Å². The van der Waals surface area contributed by atoms with Crippen molar-refractivity contribution in [2.45, 2.75) is 45.8 Å². The minimum absolute atomic E-state index is 0. The summed E-state index contributed by atoms with van der Waals surface area (Å²) in [4.78, 5) is 7.81. The van der Waals surface area contributed by atoms with Crippen molar-refractivity contribution in [3.05, 3.63) is 35.5 Å². The lowest BCUT2D eigenvalue weighted by Crippen LogP contribution is -2.68. The quantitative estimate of drug-likeness (QED) is 0.355. The van der Waals surface area contributed by atoms with Gasteiger partial charge in [0.2, 0.25) is 0 Å². The van der Waals surface area contributed by atoms with Gasteiger partial charge >= 0.3 is 0 Å². The van der Waals surface area contributed by atoms with E-state index >= 15 is 0 Å². The molecule has 1 aliphatic heterocycles. The summed E-state index contributed by atoms with van der Waals surface area (Å²) in [5.74, 6) is 1.50. The predicted octanol–water partition coefficient (Wildman–Crippen LogP) is 3.62. The number of benzene rings is 1. The number of aliphatic imine (C=N–C) groups is 1. The van der Waals surface area contributed by atoms with Crippen LogP contribution in [0.2, 0.25) is 0 Å². The van der Waals surface area contributed by atoms with E-state index in [4.69, 9.17) is 4.74 Å². The van der Waals surface area contributed by atoms with Crippen LogP contribution in [-0.2, 0) is 11.2 Å². The number of halogens is 1. The maximum absolute atomic E-state index is 5.89. The zero-order chi connectivity index (χ0) is 18.3. The van der Waals surface area contributed by atoms with Crippen LogP contribution in [0.4, 0.5) is 0 Å². The lowest BCUT2D eigenvalue weighted by atomic mass is 9.57. The SMILES string of the molecule is CN=C(NCCc1c[nH]c2cccc(C)c12)NC1C2CCOC2C1(C)C.I. The first kappa shape index (κ1) is 20.5. The Kier molecular flexibility index (Phi) is 6.05. The van der Waals surface area contributed by atoms with Gasteiger partial charge in [-0.1, -0.05) is 26.0 Å². The van der Waals surface area contributed by atoms with Crippen molar-refractivity contribution < 1.29 is 4.74 Å². The van der Waals surface area contributed by atoms with Gasteiger partial charge in [-0.05, 0) is 37.0 Å². The third-order valence-corrected chi connectivity index (χ3v) is 6.30. The minimum atomic E-state index is 0. The van der Waals surface area contributed by atoms with Crippen molar-refractivity contribution in [2.75, 3.05) is 20.2 Å². The second-order valence-corrected chi connectivity index (χ2v) is 8.25. The first-order valence-electron chi connectivity index (χ1n) is 9.66. The highest BCUT2D eigenvalue weighted by Gasteiger charge is 2.59. The van der Waals surface area contributed by atoms with E-state index in [0.29, 0.717) is 18.1 Å². The first-order valence-corrected chi connectivity index (χ1v) is 9.66. The molecule has 5 nitrogen and oxygen atoms in total.